The fourth-order valence-corrected chi connectivity index (χ4v) is 3.74. The normalized spacial score (nSPS) is 11.1. The Hall–Kier alpha value is -3.49. The summed E-state index contributed by atoms with van der Waals surface area (Å²) in [4.78, 5) is 12.5. The first kappa shape index (κ1) is 22.2. The third-order valence-electron chi connectivity index (χ3n) is 5.07. The van der Waals surface area contributed by atoms with Crippen LogP contribution in [-0.2, 0) is 11.2 Å². The van der Waals surface area contributed by atoms with Crippen molar-refractivity contribution in [3.05, 3.63) is 87.7 Å². The average Bonchev–Trinajstić information content (AvgIpc) is 3.05. The summed E-state index contributed by atoms with van der Waals surface area (Å²) in [5, 5.41) is 12.9. The van der Waals surface area contributed by atoms with Crippen LogP contribution in [0.4, 0.5) is 0 Å². The first-order chi connectivity index (χ1) is 14.9. The van der Waals surface area contributed by atoms with E-state index in [2.05, 4.69) is 5.32 Å². The summed E-state index contributed by atoms with van der Waals surface area (Å²) in [6.45, 7) is 4.37. The highest BCUT2D eigenvalue weighted by Crippen LogP contribution is 2.29. The molecule has 0 bridgehead atoms. The van der Waals surface area contributed by atoms with Crippen LogP contribution in [-0.4, -0.2) is 24.1 Å². The van der Waals surface area contributed by atoms with E-state index in [1.54, 1.807) is 13.2 Å². The standard InChI is InChI=1S/C25H24ClN3O2/c1-17-13-20(18(2)29(17)22-9-10-24(31-3)23(26)15-22)14-21(16-27)25(30)28-12-11-19-7-5-4-6-8-19/h4-10,13-15H,11-12H2,1-3H3,(H,28,30)/b21-14-. The predicted molar refractivity (Wildman–Crippen MR) is 124 cm³/mol. The molecule has 0 aliphatic heterocycles. The van der Waals surface area contributed by atoms with Crippen molar-refractivity contribution in [1.82, 2.24) is 9.88 Å². The van der Waals surface area contributed by atoms with Crippen LogP contribution in [0, 0.1) is 25.2 Å². The van der Waals surface area contributed by atoms with Gasteiger partial charge in [-0.3, -0.25) is 4.79 Å². The van der Waals surface area contributed by atoms with Gasteiger partial charge in [0, 0.05) is 23.6 Å². The Kier molecular flexibility index (Phi) is 7.17. The minimum atomic E-state index is -0.379. The first-order valence-corrected chi connectivity index (χ1v) is 10.3. The molecule has 6 heteroatoms. The van der Waals surface area contributed by atoms with E-state index in [1.807, 2.05) is 79.1 Å². The van der Waals surface area contributed by atoms with Gasteiger partial charge in [-0.15, -0.1) is 0 Å². The molecule has 31 heavy (non-hydrogen) atoms. The maximum Gasteiger partial charge on any atom is 0.261 e. The van der Waals surface area contributed by atoms with Gasteiger partial charge in [0.05, 0.1) is 12.1 Å². The van der Waals surface area contributed by atoms with Gasteiger partial charge in [0.1, 0.15) is 17.4 Å². The lowest BCUT2D eigenvalue weighted by Gasteiger charge is -2.12. The molecule has 3 aromatic rings. The Bertz CT molecular complexity index is 1160. The van der Waals surface area contributed by atoms with E-state index in [-0.39, 0.29) is 11.5 Å². The summed E-state index contributed by atoms with van der Waals surface area (Å²) in [5.41, 5.74) is 4.76. The Morgan fingerprint density at radius 1 is 1.19 bits per heavy atom. The number of carbonyl (C=O) groups excluding carboxylic acids is 1. The predicted octanol–water partition coefficient (Wildman–Crippen LogP) is 5.02. The second-order valence-corrected chi connectivity index (χ2v) is 7.55. The van der Waals surface area contributed by atoms with Gasteiger partial charge >= 0.3 is 0 Å². The maximum absolute atomic E-state index is 12.5. The molecule has 2 aromatic carbocycles. The number of carbonyl (C=O) groups is 1. The molecule has 1 amide bonds. The number of hydrogen-bond donors (Lipinski definition) is 1. The van der Waals surface area contributed by atoms with E-state index >= 15 is 0 Å². The van der Waals surface area contributed by atoms with Gasteiger partial charge in [0.2, 0.25) is 0 Å². The number of halogens is 1. The molecule has 0 saturated heterocycles. The van der Waals surface area contributed by atoms with Gasteiger partial charge in [0.25, 0.3) is 5.91 Å². The third kappa shape index (κ3) is 5.17. The molecular weight excluding hydrogens is 410 g/mol. The van der Waals surface area contributed by atoms with Crippen LogP contribution < -0.4 is 10.1 Å². The minimum Gasteiger partial charge on any atom is -0.495 e. The summed E-state index contributed by atoms with van der Waals surface area (Å²) < 4.78 is 7.25. The van der Waals surface area contributed by atoms with E-state index in [4.69, 9.17) is 16.3 Å². The van der Waals surface area contributed by atoms with Gasteiger partial charge in [-0.25, -0.2) is 0 Å². The van der Waals surface area contributed by atoms with Crippen molar-refractivity contribution in [1.29, 1.82) is 5.26 Å². The number of nitrogens with one attached hydrogen (secondary N) is 1. The zero-order valence-corrected chi connectivity index (χ0v) is 18.5. The molecule has 0 atom stereocenters. The monoisotopic (exact) mass is 433 g/mol. The molecule has 0 aliphatic rings. The lowest BCUT2D eigenvalue weighted by Crippen LogP contribution is -2.26. The van der Waals surface area contributed by atoms with Crippen LogP contribution in [0.1, 0.15) is 22.5 Å². The average molecular weight is 434 g/mol. The molecule has 5 nitrogen and oxygen atoms in total. The Balaban J connectivity index is 1.80. The lowest BCUT2D eigenvalue weighted by atomic mass is 10.1. The number of amides is 1. The molecule has 0 spiro atoms. The number of ether oxygens (including phenoxy) is 1. The van der Waals surface area contributed by atoms with Crippen LogP contribution in [0.2, 0.25) is 5.02 Å². The van der Waals surface area contributed by atoms with Crippen molar-refractivity contribution >= 4 is 23.6 Å². The molecule has 1 heterocycles. The number of hydrogen-bond acceptors (Lipinski definition) is 3. The second-order valence-electron chi connectivity index (χ2n) is 7.14. The molecule has 0 aliphatic carbocycles. The lowest BCUT2D eigenvalue weighted by molar-refractivity contribution is -0.117. The number of nitriles is 1. The molecule has 3 rings (SSSR count). The van der Waals surface area contributed by atoms with Crippen LogP contribution in [0.5, 0.6) is 5.75 Å². The zero-order valence-electron chi connectivity index (χ0n) is 17.8. The highest BCUT2D eigenvalue weighted by atomic mass is 35.5. The highest BCUT2D eigenvalue weighted by Gasteiger charge is 2.14. The topological polar surface area (TPSA) is 67.0 Å². The summed E-state index contributed by atoms with van der Waals surface area (Å²) >= 11 is 6.29. The van der Waals surface area contributed by atoms with Gasteiger partial charge in [-0.05, 0) is 61.7 Å². The van der Waals surface area contributed by atoms with E-state index in [9.17, 15) is 10.1 Å². The summed E-state index contributed by atoms with van der Waals surface area (Å²) in [6, 6.07) is 19.4. The Morgan fingerprint density at radius 2 is 1.94 bits per heavy atom. The Labute approximate surface area is 187 Å². The third-order valence-corrected chi connectivity index (χ3v) is 5.37. The molecule has 1 N–H and O–H groups in total. The number of rotatable bonds is 7. The van der Waals surface area contributed by atoms with Gasteiger partial charge in [-0.2, -0.15) is 5.26 Å². The van der Waals surface area contributed by atoms with Crippen molar-refractivity contribution < 1.29 is 9.53 Å². The Morgan fingerprint density at radius 3 is 2.58 bits per heavy atom. The largest absolute Gasteiger partial charge is 0.495 e. The van der Waals surface area contributed by atoms with Crippen molar-refractivity contribution in [2.24, 2.45) is 0 Å². The van der Waals surface area contributed by atoms with E-state index in [0.29, 0.717) is 23.7 Å². The highest BCUT2D eigenvalue weighted by molar-refractivity contribution is 6.32. The fourth-order valence-electron chi connectivity index (χ4n) is 3.49. The minimum absolute atomic E-state index is 0.0704. The van der Waals surface area contributed by atoms with Crippen LogP contribution >= 0.6 is 11.6 Å². The smallest absolute Gasteiger partial charge is 0.261 e. The maximum atomic E-state index is 12.5. The quantitative estimate of drug-likeness (QED) is 0.420. The number of benzene rings is 2. The van der Waals surface area contributed by atoms with Gasteiger partial charge in [0.15, 0.2) is 0 Å². The van der Waals surface area contributed by atoms with Gasteiger partial charge in [-0.1, -0.05) is 41.9 Å². The van der Waals surface area contributed by atoms with Crippen molar-refractivity contribution in [3.63, 3.8) is 0 Å². The summed E-state index contributed by atoms with van der Waals surface area (Å²) in [5.74, 6) is 0.225. The SMILES string of the molecule is COc1ccc(-n2c(C)cc(/C=C(/C#N)C(=O)NCCc3ccccc3)c2C)cc1Cl. The summed E-state index contributed by atoms with van der Waals surface area (Å²) in [7, 11) is 1.57. The van der Waals surface area contributed by atoms with E-state index in [0.717, 1.165) is 28.2 Å². The molecule has 0 saturated carbocycles. The molecule has 158 valence electrons. The second kappa shape index (κ2) is 10.0. The van der Waals surface area contributed by atoms with Gasteiger partial charge < -0.3 is 14.6 Å². The van der Waals surface area contributed by atoms with Crippen molar-refractivity contribution in [2.75, 3.05) is 13.7 Å². The number of methoxy groups -OCH3 is 1. The first-order valence-electron chi connectivity index (χ1n) is 9.91. The molecule has 1 aromatic heterocycles. The fraction of sp³-hybridized carbons (Fsp3) is 0.200. The number of aromatic nitrogens is 1. The molecular formula is C25H24ClN3O2. The summed E-state index contributed by atoms with van der Waals surface area (Å²) in [6.07, 6.45) is 2.33. The van der Waals surface area contributed by atoms with Crippen LogP contribution in [0.15, 0.2) is 60.2 Å². The van der Waals surface area contributed by atoms with Crippen LogP contribution in [0.25, 0.3) is 11.8 Å². The van der Waals surface area contributed by atoms with Crippen LogP contribution in [0.3, 0.4) is 0 Å². The van der Waals surface area contributed by atoms with Crippen molar-refractivity contribution in [2.45, 2.75) is 20.3 Å². The molecule has 0 unspecified atom stereocenters. The molecule has 0 radical (unpaired) electrons. The number of aryl methyl sites for hydroxylation is 1. The number of nitrogens with zero attached hydrogens (tertiary/aromatic N) is 2. The molecule has 0 fully saturated rings. The zero-order chi connectivity index (χ0) is 22.4. The van der Waals surface area contributed by atoms with E-state index < -0.39 is 0 Å². The van der Waals surface area contributed by atoms with Crippen molar-refractivity contribution in [3.8, 4) is 17.5 Å². The van der Waals surface area contributed by atoms with E-state index in [1.165, 1.54) is 0 Å².